The van der Waals surface area contributed by atoms with Crippen LogP contribution in [0.2, 0.25) is 0 Å². The van der Waals surface area contributed by atoms with Crippen LogP contribution in [0.4, 0.5) is 0 Å². The van der Waals surface area contributed by atoms with E-state index in [0.29, 0.717) is 18.2 Å². The second-order valence-electron chi connectivity index (χ2n) is 6.30. The molecule has 0 unspecified atom stereocenters. The molecule has 148 valence electrons. The molecule has 0 amide bonds. The van der Waals surface area contributed by atoms with Crippen molar-refractivity contribution in [1.29, 1.82) is 0 Å². The average Bonchev–Trinajstić information content (AvgIpc) is 2.54. The SMILES string of the molecule is CCCCCCCCCCCCC(=CS(=O)(=O)O)C(=O)OCCCO. The van der Waals surface area contributed by atoms with E-state index in [2.05, 4.69) is 6.92 Å². The highest BCUT2D eigenvalue weighted by Gasteiger charge is 2.14. The van der Waals surface area contributed by atoms with Gasteiger partial charge in [-0.2, -0.15) is 8.42 Å². The zero-order chi connectivity index (χ0) is 19.0. The number of unbranched alkanes of at least 4 members (excludes halogenated alkanes) is 9. The summed E-state index contributed by atoms with van der Waals surface area (Å²) in [4.78, 5) is 11.8. The topological polar surface area (TPSA) is 101 Å². The zero-order valence-electron chi connectivity index (χ0n) is 15.4. The molecular formula is C18H34O6S. The van der Waals surface area contributed by atoms with E-state index in [0.717, 1.165) is 19.3 Å². The van der Waals surface area contributed by atoms with E-state index in [9.17, 15) is 13.2 Å². The molecule has 0 bridgehead atoms. The first-order valence-electron chi connectivity index (χ1n) is 9.36. The van der Waals surface area contributed by atoms with Crippen LogP contribution < -0.4 is 0 Å². The molecule has 2 N–H and O–H groups in total. The normalized spacial score (nSPS) is 12.4. The van der Waals surface area contributed by atoms with Gasteiger partial charge in [0.15, 0.2) is 0 Å². The van der Waals surface area contributed by atoms with Crippen molar-refractivity contribution in [3.63, 3.8) is 0 Å². The van der Waals surface area contributed by atoms with Gasteiger partial charge < -0.3 is 9.84 Å². The maximum atomic E-state index is 11.8. The van der Waals surface area contributed by atoms with Crippen molar-refractivity contribution < 1.29 is 27.6 Å². The number of rotatable bonds is 16. The molecule has 0 radical (unpaired) electrons. The summed E-state index contributed by atoms with van der Waals surface area (Å²) in [5.74, 6) is -0.748. The Kier molecular flexibility index (Phi) is 14.8. The Bertz CT molecular complexity index is 470. The lowest BCUT2D eigenvalue weighted by Crippen LogP contribution is -2.11. The molecule has 0 heterocycles. The van der Waals surface area contributed by atoms with Crippen molar-refractivity contribution in [3.8, 4) is 0 Å². The quantitative estimate of drug-likeness (QED) is 0.182. The lowest BCUT2D eigenvalue weighted by atomic mass is 10.0. The maximum absolute atomic E-state index is 11.8. The van der Waals surface area contributed by atoms with E-state index < -0.39 is 16.1 Å². The Hall–Kier alpha value is -0.920. The van der Waals surface area contributed by atoms with Crippen LogP contribution in [0.1, 0.15) is 84.0 Å². The highest BCUT2D eigenvalue weighted by atomic mass is 32.2. The molecule has 0 aromatic heterocycles. The van der Waals surface area contributed by atoms with Crippen molar-refractivity contribution in [1.82, 2.24) is 0 Å². The van der Waals surface area contributed by atoms with Gasteiger partial charge >= 0.3 is 5.97 Å². The first-order chi connectivity index (χ1) is 11.9. The highest BCUT2D eigenvalue weighted by molar-refractivity contribution is 7.88. The standard InChI is InChI=1S/C18H34O6S/c1-2-3-4-5-6-7-8-9-10-11-13-17(16-25(21,22)23)18(20)24-15-12-14-19/h16,19H,2-15H2,1H3,(H,21,22,23). The molecule has 0 aliphatic rings. The van der Waals surface area contributed by atoms with Crippen LogP contribution in [-0.4, -0.2) is 37.3 Å². The first-order valence-corrected chi connectivity index (χ1v) is 10.9. The minimum Gasteiger partial charge on any atom is -0.462 e. The maximum Gasteiger partial charge on any atom is 0.334 e. The third-order valence-electron chi connectivity index (χ3n) is 3.89. The molecule has 0 spiro atoms. The summed E-state index contributed by atoms with van der Waals surface area (Å²) in [6.07, 6.45) is 11.9. The van der Waals surface area contributed by atoms with E-state index in [1.165, 1.54) is 38.5 Å². The van der Waals surface area contributed by atoms with Crippen LogP contribution >= 0.6 is 0 Å². The number of aliphatic hydroxyl groups is 1. The number of carbonyl (C=O) groups excluding carboxylic acids is 1. The lowest BCUT2D eigenvalue weighted by Gasteiger charge is -2.08. The molecule has 0 aliphatic carbocycles. The van der Waals surface area contributed by atoms with Crippen LogP contribution in [0.25, 0.3) is 0 Å². The Labute approximate surface area is 152 Å². The number of hydrogen-bond acceptors (Lipinski definition) is 5. The summed E-state index contributed by atoms with van der Waals surface area (Å²) >= 11 is 0. The Morgan fingerprint density at radius 1 is 0.920 bits per heavy atom. The van der Waals surface area contributed by atoms with Gasteiger partial charge in [-0.05, 0) is 12.8 Å². The van der Waals surface area contributed by atoms with Crippen LogP contribution in [0, 0.1) is 0 Å². The average molecular weight is 379 g/mol. The minimum atomic E-state index is -4.37. The molecule has 0 rings (SSSR count). The summed E-state index contributed by atoms with van der Waals surface area (Å²) in [5, 5.41) is 9.24. The van der Waals surface area contributed by atoms with Crippen LogP contribution in [0.15, 0.2) is 11.0 Å². The van der Waals surface area contributed by atoms with E-state index in [1.807, 2.05) is 0 Å². The number of carbonyl (C=O) groups is 1. The van der Waals surface area contributed by atoms with E-state index in [4.69, 9.17) is 14.4 Å². The Balaban J connectivity index is 4.04. The second-order valence-corrected chi connectivity index (χ2v) is 7.57. The number of ether oxygens (including phenoxy) is 1. The molecule has 0 saturated heterocycles. The molecule has 6 nitrogen and oxygen atoms in total. The van der Waals surface area contributed by atoms with E-state index >= 15 is 0 Å². The van der Waals surface area contributed by atoms with Crippen molar-refractivity contribution in [2.24, 2.45) is 0 Å². The van der Waals surface area contributed by atoms with E-state index in [-0.39, 0.29) is 25.2 Å². The fraction of sp³-hybridized carbons (Fsp3) is 0.833. The Morgan fingerprint density at radius 2 is 1.44 bits per heavy atom. The molecule has 0 aromatic rings. The van der Waals surface area contributed by atoms with Gasteiger partial charge in [0, 0.05) is 13.0 Å². The predicted octanol–water partition coefficient (Wildman–Crippen LogP) is 3.99. The Morgan fingerprint density at radius 3 is 1.92 bits per heavy atom. The molecule has 0 aliphatic heterocycles. The third-order valence-corrected chi connectivity index (χ3v) is 4.47. The molecule has 0 atom stereocenters. The van der Waals surface area contributed by atoms with Gasteiger partial charge in [0.1, 0.15) is 0 Å². The lowest BCUT2D eigenvalue weighted by molar-refractivity contribution is -0.139. The largest absolute Gasteiger partial charge is 0.462 e. The summed E-state index contributed by atoms with van der Waals surface area (Å²) < 4.78 is 35.8. The third kappa shape index (κ3) is 16.3. The summed E-state index contributed by atoms with van der Waals surface area (Å²) in [6, 6.07) is 0. The molecule has 0 saturated carbocycles. The summed E-state index contributed by atoms with van der Waals surface area (Å²) in [5.41, 5.74) is -0.0417. The van der Waals surface area contributed by atoms with Gasteiger partial charge in [0.05, 0.1) is 17.6 Å². The van der Waals surface area contributed by atoms with Gasteiger partial charge in [-0.3, -0.25) is 4.55 Å². The van der Waals surface area contributed by atoms with Crippen molar-refractivity contribution in [2.45, 2.75) is 84.0 Å². The van der Waals surface area contributed by atoms with Gasteiger partial charge in [-0.25, -0.2) is 4.79 Å². The van der Waals surface area contributed by atoms with Gasteiger partial charge in [-0.15, -0.1) is 0 Å². The van der Waals surface area contributed by atoms with Crippen molar-refractivity contribution in [2.75, 3.05) is 13.2 Å². The van der Waals surface area contributed by atoms with Crippen LogP contribution in [-0.2, 0) is 19.6 Å². The predicted molar refractivity (Wildman–Crippen MR) is 98.8 cm³/mol. The minimum absolute atomic E-state index is 0.0240. The fourth-order valence-corrected chi connectivity index (χ4v) is 3.09. The molecule has 0 aromatic carbocycles. The monoisotopic (exact) mass is 378 g/mol. The second kappa shape index (κ2) is 15.3. The fourth-order valence-electron chi connectivity index (χ4n) is 2.51. The van der Waals surface area contributed by atoms with Gasteiger partial charge in [0.2, 0.25) is 0 Å². The molecule has 0 fully saturated rings. The number of esters is 1. The molecular weight excluding hydrogens is 344 g/mol. The summed E-state index contributed by atoms with van der Waals surface area (Å²) in [7, 11) is -4.37. The number of aliphatic hydroxyl groups excluding tert-OH is 1. The first kappa shape index (κ1) is 24.1. The van der Waals surface area contributed by atoms with Crippen molar-refractivity contribution in [3.05, 3.63) is 11.0 Å². The zero-order valence-corrected chi connectivity index (χ0v) is 16.2. The van der Waals surface area contributed by atoms with E-state index in [1.54, 1.807) is 0 Å². The highest BCUT2D eigenvalue weighted by Crippen LogP contribution is 2.15. The van der Waals surface area contributed by atoms with Crippen molar-refractivity contribution >= 4 is 16.1 Å². The van der Waals surface area contributed by atoms with Crippen LogP contribution in [0.5, 0.6) is 0 Å². The van der Waals surface area contributed by atoms with Crippen LogP contribution in [0.3, 0.4) is 0 Å². The smallest absolute Gasteiger partial charge is 0.334 e. The van der Waals surface area contributed by atoms with Gasteiger partial charge in [-0.1, -0.05) is 64.7 Å². The summed E-state index contributed by atoms with van der Waals surface area (Å²) in [6.45, 7) is 2.12. The molecule has 7 heteroatoms. The molecule has 25 heavy (non-hydrogen) atoms. The van der Waals surface area contributed by atoms with Gasteiger partial charge in [0.25, 0.3) is 10.1 Å². The number of hydrogen-bond donors (Lipinski definition) is 2.